The zero-order valence-corrected chi connectivity index (χ0v) is 19.5. The van der Waals surface area contributed by atoms with Gasteiger partial charge < -0.3 is 20.3 Å². The highest BCUT2D eigenvalue weighted by molar-refractivity contribution is 5.91. The summed E-state index contributed by atoms with van der Waals surface area (Å²) in [5.41, 5.74) is 2.94. The Bertz CT molecular complexity index is 1230. The molecule has 0 unspecified atom stereocenters. The summed E-state index contributed by atoms with van der Waals surface area (Å²) in [5.74, 6) is 1.86. The molecule has 1 fully saturated rings. The lowest BCUT2D eigenvalue weighted by Crippen LogP contribution is -2.33. The van der Waals surface area contributed by atoms with Gasteiger partial charge in [-0.3, -0.25) is 0 Å². The molecule has 0 aliphatic heterocycles. The summed E-state index contributed by atoms with van der Waals surface area (Å²) < 4.78 is 5.64. The summed E-state index contributed by atoms with van der Waals surface area (Å²) in [4.78, 5) is 9.26. The number of benzene rings is 2. The van der Waals surface area contributed by atoms with Gasteiger partial charge in [-0.1, -0.05) is 12.1 Å². The van der Waals surface area contributed by atoms with Crippen LogP contribution in [0, 0.1) is 25.2 Å². The molecule has 0 spiro atoms. The number of anilines is 1. The first-order chi connectivity index (χ1) is 15.8. The van der Waals surface area contributed by atoms with E-state index in [-0.39, 0.29) is 12.1 Å². The van der Waals surface area contributed by atoms with Crippen LogP contribution in [-0.2, 0) is 5.60 Å². The van der Waals surface area contributed by atoms with Gasteiger partial charge in [-0.2, -0.15) is 5.26 Å². The maximum Gasteiger partial charge on any atom is 0.138 e. The fraction of sp³-hybridized carbons (Fsp3) is 0.423. The monoisotopic (exact) mass is 446 g/mol. The van der Waals surface area contributed by atoms with Gasteiger partial charge in [-0.15, -0.1) is 0 Å². The number of ether oxygens (including phenoxy) is 1. The molecule has 3 N–H and O–H groups in total. The maximum absolute atomic E-state index is 11.4. The zero-order chi connectivity index (χ0) is 23.8. The van der Waals surface area contributed by atoms with Gasteiger partial charge in [-0.25, -0.2) is 9.97 Å². The Morgan fingerprint density at radius 3 is 2.61 bits per heavy atom. The maximum atomic E-state index is 11.4. The largest absolute Gasteiger partial charge is 0.496 e. The van der Waals surface area contributed by atoms with E-state index in [4.69, 9.17) is 4.74 Å². The second-order valence-corrected chi connectivity index (χ2v) is 8.95. The molecule has 2 aromatic carbocycles. The Kier molecular flexibility index (Phi) is 6.24. The summed E-state index contributed by atoms with van der Waals surface area (Å²) in [6, 6.07) is 11.6. The van der Waals surface area contributed by atoms with E-state index in [0.29, 0.717) is 54.2 Å². The number of nitrogens with one attached hydrogen (secondary N) is 1. The Balaban J connectivity index is 1.80. The van der Waals surface area contributed by atoms with Crippen molar-refractivity contribution in [1.29, 1.82) is 5.26 Å². The first-order valence-corrected chi connectivity index (χ1v) is 11.3. The molecule has 0 amide bonds. The molecule has 7 nitrogen and oxygen atoms in total. The van der Waals surface area contributed by atoms with Crippen molar-refractivity contribution in [1.82, 2.24) is 9.97 Å². The van der Waals surface area contributed by atoms with Gasteiger partial charge in [0.25, 0.3) is 0 Å². The molecule has 0 radical (unpaired) electrons. The van der Waals surface area contributed by atoms with E-state index < -0.39 is 5.60 Å². The highest BCUT2D eigenvalue weighted by Crippen LogP contribution is 2.43. The first-order valence-electron chi connectivity index (χ1n) is 11.3. The number of aryl methyl sites for hydroxylation is 1. The van der Waals surface area contributed by atoms with Crippen molar-refractivity contribution in [2.45, 2.75) is 64.2 Å². The number of hydrogen-bond donors (Lipinski definition) is 3. The van der Waals surface area contributed by atoms with Crippen molar-refractivity contribution in [3.63, 3.8) is 0 Å². The second-order valence-electron chi connectivity index (χ2n) is 8.95. The molecule has 1 heterocycles. The predicted octanol–water partition coefficient (Wildman–Crippen LogP) is 4.42. The Morgan fingerprint density at radius 1 is 1.21 bits per heavy atom. The van der Waals surface area contributed by atoms with Crippen LogP contribution in [0.3, 0.4) is 0 Å². The molecule has 4 rings (SSSR count). The van der Waals surface area contributed by atoms with Crippen LogP contribution in [0.25, 0.3) is 10.9 Å². The van der Waals surface area contributed by atoms with E-state index in [0.717, 1.165) is 22.0 Å². The van der Waals surface area contributed by atoms with Crippen molar-refractivity contribution < 1.29 is 14.9 Å². The fourth-order valence-corrected chi connectivity index (χ4v) is 4.79. The highest BCUT2D eigenvalue weighted by Gasteiger charge is 2.37. The van der Waals surface area contributed by atoms with E-state index in [1.807, 2.05) is 51.1 Å². The topological polar surface area (TPSA) is 111 Å². The molecule has 172 valence electrons. The number of aromatic nitrogens is 2. The van der Waals surface area contributed by atoms with Gasteiger partial charge in [0, 0.05) is 17.0 Å². The molecule has 1 atom stereocenters. The van der Waals surface area contributed by atoms with Gasteiger partial charge >= 0.3 is 0 Å². The number of methoxy groups -OCH3 is 1. The summed E-state index contributed by atoms with van der Waals surface area (Å²) in [6.45, 7) is 5.83. The normalized spacial score (nSPS) is 21.4. The first kappa shape index (κ1) is 23.0. The number of aliphatic hydroxyl groups excluding tert-OH is 1. The van der Waals surface area contributed by atoms with Crippen LogP contribution in [0.1, 0.15) is 66.7 Å². The van der Waals surface area contributed by atoms with Crippen LogP contribution in [0.2, 0.25) is 0 Å². The smallest absolute Gasteiger partial charge is 0.138 e. The number of fused-ring (bicyclic) bond motifs is 1. The Morgan fingerprint density at radius 2 is 1.94 bits per heavy atom. The average Bonchev–Trinajstić information content (AvgIpc) is 2.80. The standard InChI is InChI=1S/C26H30N4O3/c1-15-18(14-27)6-5-7-20(15)16(2)28-25-21-12-22(26(32)10-8-19(31)9-11-26)24(33-4)13-23(21)29-17(3)30-25/h5-7,12-13,16,19,31-32H,8-11H2,1-4H3,(H,28,29,30)/t16-,19?,26?/m1/s1. The molecular formula is C26H30N4O3. The quantitative estimate of drug-likeness (QED) is 0.532. The summed E-state index contributed by atoms with van der Waals surface area (Å²) in [5, 5.41) is 35.1. The molecule has 0 saturated heterocycles. The van der Waals surface area contributed by atoms with Crippen LogP contribution in [-0.4, -0.2) is 33.4 Å². The number of nitriles is 1. The van der Waals surface area contributed by atoms with E-state index in [2.05, 4.69) is 21.4 Å². The van der Waals surface area contributed by atoms with Gasteiger partial charge in [0.15, 0.2) is 0 Å². The van der Waals surface area contributed by atoms with Gasteiger partial charge in [0.1, 0.15) is 17.4 Å². The molecule has 1 saturated carbocycles. The molecule has 1 aliphatic rings. The minimum absolute atomic E-state index is 0.103. The van der Waals surface area contributed by atoms with E-state index >= 15 is 0 Å². The molecule has 33 heavy (non-hydrogen) atoms. The van der Waals surface area contributed by atoms with Crippen molar-refractivity contribution in [3.05, 3.63) is 58.4 Å². The zero-order valence-electron chi connectivity index (χ0n) is 19.5. The van der Waals surface area contributed by atoms with Crippen molar-refractivity contribution in [2.75, 3.05) is 12.4 Å². The molecule has 0 bridgehead atoms. The third-order valence-corrected chi connectivity index (χ3v) is 6.73. The fourth-order valence-electron chi connectivity index (χ4n) is 4.79. The summed E-state index contributed by atoms with van der Waals surface area (Å²) >= 11 is 0. The second kappa shape index (κ2) is 8.97. The average molecular weight is 447 g/mol. The lowest BCUT2D eigenvalue weighted by Gasteiger charge is -2.35. The van der Waals surface area contributed by atoms with Crippen LogP contribution < -0.4 is 10.1 Å². The van der Waals surface area contributed by atoms with Crippen molar-refractivity contribution in [3.8, 4) is 11.8 Å². The van der Waals surface area contributed by atoms with Crippen LogP contribution in [0.4, 0.5) is 5.82 Å². The minimum Gasteiger partial charge on any atom is -0.496 e. The van der Waals surface area contributed by atoms with E-state index in [1.165, 1.54) is 0 Å². The molecule has 1 aromatic heterocycles. The SMILES string of the molecule is COc1cc2nc(C)nc(N[C@H](C)c3cccc(C#N)c3C)c2cc1C1(O)CCC(O)CC1. The molecular weight excluding hydrogens is 416 g/mol. The number of aliphatic hydroxyl groups is 2. The van der Waals surface area contributed by atoms with Crippen LogP contribution in [0.5, 0.6) is 5.75 Å². The van der Waals surface area contributed by atoms with Gasteiger partial charge in [0.2, 0.25) is 0 Å². The number of nitrogens with zero attached hydrogens (tertiary/aromatic N) is 3. The van der Waals surface area contributed by atoms with Crippen LogP contribution >= 0.6 is 0 Å². The van der Waals surface area contributed by atoms with E-state index in [1.54, 1.807) is 7.11 Å². The summed E-state index contributed by atoms with van der Waals surface area (Å²) in [7, 11) is 1.59. The third-order valence-electron chi connectivity index (χ3n) is 6.73. The lowest BCUT2D eigenvalue weighted by atomic mass is 9.78. The third kappa shape index (κ3) is 4.37. The Labute approximate surface area is 194 Å². The molecule has 1 aliphatic carbocycles. The minimum atomic E-state index is -1.08. The predicted molar refractivity (Wildman–Crippen MR) is 127 cm³/mol. The van der Waals surface area contributed by atoms with Crippen molar-refractivity contribution >= 4 is 16.7 Å². The van der Waals surface area contributed by atoms with E-state index in [9.17, 15) is 15.5 Å². The van der Waals surface area contributed by atoms with Crippen molar-refractivity contribution in [2.24, 2.45) is 0 Å². The number of rotatable bonds is 5. The van der Waals surface area contributed by atoms with Gasteiger partial charge in [0.05, 0.1) is 42.0 Å². The van der Waals surface area contributed by atoms with Gasteiger partial charge in [-0.05, 0) is 69.7 Å². The lowest BCUT2D eigenvalue weighted by molar-refractivity contribution is -0.0373. The molecule has 3 aromatic rings. The summed E-state index contributed by atoms with van der Waals surface area (Å²) in [6.07, 6.45) is 1.62. The van der Waals surface area contributed by atoms with Crippen LogP contribution in [0.15, 0.2) is 30.3 Å². The highest BCUT2D eigenvalue weighted by atomic mass is 16.5. The molecule has 7 heteroatoms. The number of hydrogen-bond acceptors (Lipinski definition) is 7. The Hall–Kier alpha value is -3.21.